The molecule has 0 N–H and O–H groups in total. The van der Waals surface area contributed by atoms with Crippen molar-refractivity contribution in [1.29, 1.82) is 0 Å². The van der Waals surface area contributed by atoms with Gasteiger partial charge in [-0.3, -0.25) is 14.5 Å². The van der Waals surface area contributed by atoms with E-state index >= 15 is 0 Å². The Labute approximate surface area is 184 Å². The second-order valence-electron chi connectivity index (χ2n) is 9.30. The van der Waals surface area contributed by atoms with E-state index in [9.17, 15) is 9.59 Å². The van der Waals surface area contributed by atoms with Crippen molar-refractivity contribution in [2.75, 3.05) is 26.2 Å². The molecule has 3 aliphatic heterocycles. The Bertz CT molecular complexity index is 944. The van der Waals surface area contributed by atoms with Crippen LogP contribution in [0.25, 0.3) is 0 Å². The standard InChI is InChI=1S/C26H31N3O2/c30-24(28-14-6-7-15-28)18-26(29-20-22-10-4-5-11-23(22)25(29)31)12-16-27(17-13-26)19-21-8-2-1-3-9-21/h1-5,8-11H,6-7,12-20H2. The lowest BCUT2D eigenvalue weighted by Gasteiger charge is -2.47. The van der Waals surface area contributed by atoms with Crippen molar-refractivity contribution in [2.45, 2.75) is 50.7 Å². The molecule has 0 saturated carbocycles. The highest BCUT2D eigenvalue weighted by Gasteiger charge is 2.47. The van der Waals surface area contributed by atoms with E-state index in [-0.39, 0.29) is 17.4 Å². The van der Waals surface area contributed by atoms with Crippen LogP contribution in [-0.4, -0.2) is 58.2 Å². The molecular weight excluding hydrogens is 386 g/mol. The van der Waals surface area contributed by atoms with Gasteiger partial charge >= 0.3 is 0 Å². The Kier molecular flexibility index (Phi) is 5.53. The topological polar surface area (TPSA) is 43.9 Å². The average Bonchev–Trinajstić information content (AvgIpc) is 3.45. The first-order chi connectivity index (χ1) is 15.1. The molecule has 5 nitrogen and oxygen atoms in total. The fraction of sp³-hybridized carbons (Fsp3) is 0.462. The summed E-state index contributed by atoms with van der Waals surface area (Å²) in [6.07, 6.45) is 4.33. The molecule has 3 heterocycles. The summed E-state index contributed by atoms with van der Waals surface area (Å²) in [7, 11) is 0. The highest BCUT2D eigenvalue weighted by atomic mass is 16.2. The lowest BCUT2D eigenvalue weighted by atomic mass is 9.81. The van der Waals surface area contributed by atoms with Crippen LogP contribution in [0.2, 0.25) is 0 Å². The van der Waals surface area contributed by atoms with Crippen molar-refractivity contribution in [3.8, 4) is 0 Å². The van der Waals surface area contributed by atoms with Crippen molar-refractivity contribution in [3.63, 3.8) is 0 Å². The molecule has 0 bridgehead atoms. The van der Waals surface area contributed by atoms with E-state index in [1.54, 1.807) is 0 Å². The lowest BCUT2D eigenvalue weighted by Crippen LogP contribution is -2.57. The zero-order valence-electron chi connectivity index (χ0n) is 18.1. The molecule has 0 spiro atoms. The zero-order valence-corrected chi connectivity index (χ0v) is 18.1. The Morgan fingerprint density at radius 2 is 1.55 bits per heavy atom. The predicted octanol–water partition coefficient (Wildman–Crippen LogP) is 3.69. The van der Waals surface area contributed by atoms with Crippen LogP contribution in [0.3, 0.4) is 0 Å². The molecule has 31 heavy (non-hydrogen) atoms. The van der Waals surface area contributed by atoms with Crippen molar-refractivity contribution < 1.29 is 9.59 Å². The molecule has 0 radical (unpaired) electrons. The van der Waals surface area contributed by atoms with Gasteiger partial charge in [-0.15, -0.1) is 0 Å². The van der Waals surface area contributed by atoms with Crippen molar-refractivity contribution in [3.05, 3.63) is 71.3 Å². The quantitative estimate of drug-likeness (QED) is 0.745. The van der Waals surface area contributed by atoms with Gasteiger partial charge in [-0.2, -0.15) is 0 Å². The Hall–Kier alpha value is -2.66. The first-order valence-corrected chi connectivity index (χ1v) is 11.6. The van der Waals surface area contributed by atoms with Crippen molar-refractivity contribution in [1.82, 2.24) is 14.7 Å². The lowest BCUT2D eigenvalue weighted by molar-refractivity contribution is -0.134. The number of rotatable bonds is 5. The van der Waals surface area contributed by atoms with Crippen molar-refractivity contribution in [2.24, 2.45) is 0 Å². The molecule has 0 aliphatic carbocycles. The van der Waals surface area contributed by atoms with Crippen LogP contribution >= 0.6 is 0 Å². The summed E-state index contributed by atoms with van der Waals surface area (Å²) in [6.45, 7) is 5.09. The van der Waals surface area contributed by atoms with Gasteiger partial charge in [-0.25, -0.2) is 0 Å². The Balaban J connectivity index is 1.36. The van der Waals surface area contributed by atoms with Gasteiger partial charge in [-0.05, 0) is 42.9 Å². The minimum absolute atomic E-state index is 0.0985. The molecule has 2 fully saturated rings. The SMILES string of the molecule is O=C(CC1(N2Cc3ccccc3C2=O)CCN(Cc2ccccc2)CC1)N1CCCC1. The van der Waals surface area contributed by atoms with Crippen LogP contribution in [0.4, 0.5) is 0 Å². The third-order valence-electron chi connectivity index (χ3n) is 7.37. The van der Waals surface area contributed by atoms with Gasteiger partial charge in [0.25, 0.3) is 5.91 Å². The molecule has 2 amide bonds. The molecule has 162 valence electrons. The smallest absolute Gasteiger partial charge is 0.254 e. The Morgan fingerprint density at radius 3 is 2.26 bits per heavy atom. The van der Waals surface area contributed by atoms with Gasteiger partial charge in [0.1, 0.15) is 0 Å². The minimum atomic E-state index is -0.386. The van der Waals surface area contributed by atoms with Crippen LogP contribution in [-0.2, 0) is 17.9 Å². The second kappa shape index (κ2) is 8.46. The van der Waals surface area contributed by atoms with Gasteiger partial charge in [-0.1, -0.05) is 48.5 Å². The van der Waals surface area contributed by atoms with E-state index in [4.69, 9.17) is 0 Å². The number of likely N-dealkylation sites (tertiary alicyclic amines) is 2. The van der Waals surface area contributed by atoms with Crippen LogP contribution in [0.1, 0.15) is 53.6 Å². The van der Waals surface area contributed by atoms with E-state index < -0.39 is 0 Å². The number of carbonyl (C=O) groups is 2. The molecule has 5 rings (SSSR count). The normalized spacial score (nSPS) is 20.8. The van der Waals surface area contributed by atoms with E-state index in [0.29, 0.717) is 13.0 Å². The van der Waals surface area contributed by atoms with Crippen LogP contribution in [0, 0.1) is 0 Å². The fourth-order valence-corrected chi connectivity index (χ4v) is 5.51. The van der Waals surface area contributed by atoms with E-state index in [0.717, 1.165) is 69.5 Å². The highest BCUT2D eigenvalue weighted by Crippen LogP contribution is 2.39. The maximum Gasteiger partial charge on any atom is 0.254 e. The van der Waals surface area contributed by atoms with Gasteiger partial charge < -0.3 is 9.80 Å². The molecule has 2 aromatic carbocycles. The van der Waals surface area contributed by atoms with Crippen molar-refractivity contribution >= 4 is 11.8 Å². The van der Waals surface area contributed by atoms with Gasteiger partial charge in [0.2, 0.25) is 5.91 Å². The number of nitrogens with zero attached hydrogens (tertiary/aromatic N) is 3. The summed E-state index contributed by atoms with van der Waals surface area (Å²) in [5.41, 5.74) is 2.82. The number of amides is 2. The molecular formula is C26H31N3O2. The van der Waals surface area contributed by atoms with E-state index in [1.165, 1.54) is 5.56 Å². The average molecular weight is 418 g/mol. The number of fused-ring (bicyclic) bond motifs is 1. The second-order valence-corrected chi connectivity index (χ2v) is 9.30. The third kappa shape index (κ3) is 3.99. The molecule has 2 aromatic rings. The van der Waals surface area contributed by atoms with Crippen LogP contribution in [0.15, 0.2) is 54.6 Å². The summed E-state index contributed by atoms with van der Waals surface area (Å²) in [5.74, 6) is 0.319. The van der Waals surface area contributed by atoms with E-state index in [1.807, 2.05) is 40.1 Å². The van der Waals surface area contributed by atoms with Gasteiger partial charge in [0.15, 0.2) is 0 Å². The summed E-state index contributed by atoms with van der Waals surface area (Å²) in [6, 6.07) is 18.5. The molecule has 5 heteroatoms. The summed E-state index contributed by atoms with van der Waals surface area (Å²) in [5, 5.41) is 0. The summed E-state index contributed by atoms with van der Waals surface area (Å²) in [4.78, 5) is 33.1. The summed E-state index contributed by atoms with van der Waals surface area (Å²) < 4.78 is 0. The highest BCUT2D eigenvalue weighted by molar-refractivity contribution is 5.99. The largest absolute Gasteiger partial charge is 0.343 e. The van der Waals surface area contributed by atoms with Gasteiger partial charge in [0, 0.05) is 44.8 Å². The van der Waals surface area contributed by atoms with Crippen LogP contribution < -0.4 is 0 Å². The number of benzene rings is 2. The molecule has 2 saturated heterocycles. The maximum absolute atomic E-state index is 13.4. The number of carbonyl (C=O) groups excluding carboxylic acids is 2. The molecule has 0 unspecified atom stereocenters. The molecule has 3 aliphatic rings. The number of hydrogen-bond donors (Lipinski definition) is 0. The Morgan fingerprint density at radius 1 is 0.871 bits per heavy atom. The van der Waals surface area contributed by atoms with Crippen LogP contribution in [0.5, 0.6) is 0 Å². The van der Waals surface area contributed by atoms with Gasteiger partial charge in [0.05, 0.1) is 12.0 Å². The fourth-order valence-electron chi connectivity index (χ4n) is 5.51. The molecule has 0 atom stereocenters. The number of hydrogen-bond acceptors (Lipinski definition) is 3. The third-order valence-corrected chi connectivity index (χ3v) is 7.37. The number of piperidine rings is 1. The summed E-state index contributed by atoms with van der Waals surface area (Å²) >= 11 is 0. The minimum Gasteiger partial charge on any atom is -0.343 e. The first-order valence-electron chi connectivity index (χ1n) is 11.6. The zero-order chi connectivity index (χ0) is 21.3. The predicted molar refractivity (Wildman–Crippen MR) is 120 cm³/mol. The monoisotopic (exact) mass is 417 g/mol. The maximum atomic E-state index is 13.4. The molecule has 0 aromatic heterocycles. The first kappa shape index (κ1) is 20.3. The van der Waals surface area contributed by atoms with E-state index in [2.05, 4.69) is 29.2 Å².